The number of hydrogen-bond donors (Lipinski definition) is 2. The number of benzene rings is 1. The summed E-state index contributed by atoms with van der Waals surface area (Å²) in [6, 6.07) is 17.2. The van der Waals surface area contributed by atoms with E-state index in [9.17, 15) is 0 Å². The van der Waals surface area contributed by atoms with Gasteiger partial charge in [0.2, 0.25) is 0 Å². The first-order chi connectivity index (χ1) is 14.8. The van der Waals surface area contributed by atoms with E-state index in [1.165, 1.54) is 18.4 Å². The van der Waals surface area contributed by atoms with Crippen LogP contribution in [0.15, 0.2) is 65.9 Å². The lowest BCUT2D eigenvalue weighted by Gasteiger charge is -2.27. The summed E-state index contributed by atoms with van der Waals surface area (Å²) in [7, 11) is 0. The van der Waals surface area contributed by atoms with Crippen molar-refractivity contribution in [1.82, 2.24) is 24.9 Å². The second-order valence-corrected chi connectivity index (χ2v) is 7.76. The minimum absolute atomic E-state index is 0. The molecule has 1 atom stereocenters. The van der Waals surface area contributed by atoms with Crippen molar-refractivity contribution in [3.05, 3.63) is 72.2 Å². The van der Waals surface area contributed by atoms with Gasteiger partial charge in [0.05, 0.1) is 18.3 Å². The van der Waals surface area contributed by atoms with Gasteiger partial charge in [0.15, 0.2) is 5.96 Å². The number of rotatable bonds is 8. The largest absolute Gasteiger partial charge is 0.357 e. The fourth-order valence-corrected chi connectivity index (χ4v) is 4.10. The van der Waals surface area contributed by atoms with Crippen LogP contribution in [0.3, 0.4) is 0 Å². The highest BCUT2D eigenvalue weighted by Crippen LogP contribution is 2.25. The van der Waals surface area contributed by atoms with Crippen molar-refractivity contribution in [1.29, 1.82) is 0 Å². The van der Waals surface area contributed by atoms with Crippen molar-refractivity contribution >= 4 is 35.6 Å². The van der Waals surface area contributed by atoms with Gasteiger partial charge in [0.25, 0.3) is 0 Å². The Balaban J connectivity index is 0.00000272. The highest BCUT2D eigenvalue weighted by molar-refractivity contribution is 14.0. The molecule has 3 aromatic rings. The average molecular weight is 532 g/mol. The van der Waals surface area contributed by atoms with Crippen LogP contribution in [0.4, 0.5) is 0 Å². The molecule has 1 aliphatic heterocycles. The molecule has 0 radical (unpaired) electrons. The maximum atomic E-state index is 4.94. The summed E-state index contributed by atoms with van der Waals surface area (Å²) < 4.78 is 2.06. The minimum atomic E-state index is 0. The van der Waals surface area contributed by atoms with Gasteiger partial charge in [0, 0.05) is 31.9 Å². The summed E-state index contributed by atoms with van der Waals surface area (Å²) in [5, 5.41) is 6.87. The third-order valence-corrected chi connectivity index (χ3v) is 5.62. The van der Waals surface area contributed by atoms with Gasteiger partial charge < -0.3 is 15.0 Å². The number of nitrogens with zero attached hydrogens (tertiary/aromatic N) is 4. The first-order valence-electron chi connectivity index (χ1n) is 11.1. The second kappa shape index (κ2) is 12.0. The second-order valence-electron chi connectivity index (χ2n) is 7.76. The SMILES string of the molecule is CCNC(=NCC(c1ccccc1)N1CCCC1)NCCc1cn2ccccc2n1.I. The van der Waals surface area contributed by atoms with E-state index in [-0.39, 0.29) is 24.0 Å². The molecule has 4 rings (SSSR count). The van der Waals surface area contributed by atoms with Crippen LogP contribution in [-0.4, -0.2) is 53.0 Å². The van der Waals surface area contributed by atoms with Gasteiger partial charge in [0.1, 0.15) is 5.65 Å². The molecule has 2 N–H and O–H groups in total. The standard InChI is InChI=1S/C24H32N6.HI/c1-2-25-24(26-14-13-21-19-30-17-7-6-12-23(30)28-21)27-18-22(29-15-8-9-16-29)20-10-4-3-5-11-20;/h3-7,10-12,17,19,22H,2,8-9,13-16,18H2,1H3,(H2,25,26,27);1H. The normalized spacial score (nSPS) is 15.6. The van der Waals surface area contributed by atoms with E-state index in [1.54, 1.807) is 0 Å². The van der Waals surface area contributed by atoms with E-state index in [0.29, 0.717) is 6.04 Å². The Morgan fingerprint density at radius 3 is 2.58 bits per heavy atom. The summed E-state index contributed by atoms with van der Waals surface area (Å²) in [4.78, 5) is 12.2. The molecule has 1 aromatic carbocycles. The topological polar surface area (TPSA) is 57.0 Å². The van der Waals surface area contributed by atoms with Crippen molar-refractivity contribution in [2.24, 2.45) is 4.99 Å². The molecule has 1 aliphatic rings. The Bertz CT molecular complexity index is 916. The number of aromatic nitrogens is 2. The van der Waals surface area contributed by atoms with Gasteiger partial charge in [-0.25, -0.2) is 4.98 Å². The van der Waals surface area contributed by atoms with Gasteiger partial charge >= 0.3 is 0 Å². The zero-order valence-electron chi connectivity index (χ0n) is 18.2. The van der Waals surface area contributed by atoms with Crippen LogP contribution in [0.5, 0.6) is 0 Å². The first-order valence-corrected chi connectivity index (χ1v) is 11.1. The van der Waals surface area contributed by atoms with Crippen LogP contribution >= 0.6 is 24.0 Å². The van der Waals surface area contributed by atoms with Crippen molar-refractivity contribution in [2.75, 3.05) is 32.7 Å². The molecule has 1 unspecified atom stereocenters. The highest BCUT2D eigenvalue weighted by atomic mass is 127. The molecular formula is C24H33IN6. The highest BCUT2D eigenvalue weighted by Gasteiger charge is 2.23. The monoisotopic (exact) mass is 532 g/mol. The summed E-state index contributed by atoms with van der Waals surface area (Å²) in [6.07, 6.45) is 7.56. The molecule has 2 aromatic heterocycles. The molecule has 0 aliphatic carbocycles. The number of imidazole rings is 1. The van der Waals surface area contributed by atoms with Gasteiger partial charge in [-0.05, 0) is 50.6 Å². The zero-order valence-corrected chi connectivity index (χ0v) is 20.5. The number of fused-ring (bicyclic) bond motifs is 1. The molecule has 1 saturated heterocycles. The number of halogens is 1. The molecule has 3 heterocycles. The number of hydrogen-bond acceptors (Lipinski definition) is 3. The Kier molecular flexibility index (Phi) is 9.14. The lowest BCUT2D eigenvalue weighted by molar-refractivity contribution is 0.251. The van der Waals surface area contributed by atoms with Crippen molar-refractivity contribution in [3.63, 3.8) is 0 Å². The predicted molar refractivity (Wildman–Crippen MR) is 138 cm³/mol. The van der Waals surface area contributed by atoms with Crippen molar-refractivity contribution in [3.8, 4) is 0 Å². The molecule has 7 heteroatoms. The van der Waals surface area contributed by atoms with E-state index in [2.05, 4.69) is 68.4 Å². The van der Waals surface area contributed by atoms with E-state index >= 15 is 0 Å². The molecule has 0 spiro atoms. The molecule has 6 nitrogen and oxygen atoms in total. The predicted octanol–water partition coefficient (Wildman–Crippen LogP) is 3.89. The van der Waals surface area contributed by atoms with Gasteiger partial charge in [-0.1, -0.05) is 36.4 Å². The molecule has 166 valence electrons. The number of nitrogens with one attached hydrogen (secondary N) is 2. The summed E-state index contributed by atoms with van der Waals surface area (Å²) in [5.74, 6) is 0.876. The summed E-state index contributed by atoms with van der Waals surface area (Å²) >= 11 is 0. The number of guanidine groups is 1. The fraction of sp³-hybridized carbons (Fsp3) is 0.417. The van der Waals surface area contributed by atoms with Gasteiger partial charge in [-0.15, -0.1) is 24.0 Å². The van der Waals surface area contributed by atoms with E-state index in [0.717, 1.165) is 56.4 Å². The molecule has 0 amide bonds. The molecule has 0 saturated carbocycles. The average Bonchev–Trinajstić information content (AvgIpc) is 3.44. The number of aliphatic imine (C=N–C) groups is 1. The number of likely N-dealkylation sites (tertiary alicyclic amines) is 1. The Morgan fingerprint density at radius 2 is 1.84 bits per heavy atom. The lowest BCUT2D eigenvalue weighted by atomic mass is 10.1. The third-order valence-electron chi connectivity index (χ3n) is 5.62. The molecule has 0 bridgehead atoms. The van der Waals surface area contributed by atoms with E-state index in [4.69, 9.17) is 4.99 Å². The van der Waals surface area contributed by atoms with Crippen LogP contribution in [0.1, 0.15) is 37.1 Å². The maximum absolute atomic E-state index is 4.94. The van der Waals surface area contributed by atoms with Crippen LogP contribution in [0.25, 0.3) is 5.65 Å². The van der Waals surface area contributed by atoms with Crippen LogP contribution in [0.2, 0.25) is 0 Å². The van der Waals surface area contributed by atoms with E-state index < -0.39 is 0 Å². The third kappa shape index (κ3) is 6.43. The van der Waals surface area contributed by atoms with Crippen molar-refractivity contribution in [2.45, 2.75) is 32.2 Å². The summed E-state index contributed by atoms with van der Waals surface area (Å²) in [5.41, 5.74) is 3.43. The number of pyridine rings is 1. The fourth-order valence-electron chi connectivity index (χ4n) is 4.10. The van der Waals surface area contributed by atoms with Gasteiger partial charge in [-0.3, -0.25) is 9.89 Å². The van der Waals surface area contributed by atoms with Gasteiger partial charge in [-0.2, -0.15) is 0 Å². The Labute approximate surface area is 202 Å². The summed E-state index contributed by atoms with van der Waals surface area (Å²) in [6.45, 7) is 6.83. The Hall–Kier alpha value is -2.13. The molecule has 1 fully saturated rings. The van der Waals surface area contributed by atoms with Crippen LogP contribution < -0.4 is 10.6 Å². The van der Waals surface area contributed by atoms with Crippen molar-refractivity contribution < 1.29 is 0 Å². The van der Waals surface area contributed by atoms with Crippen LogP contribution in [-0.2, 0) is 6.42 Å². The zero-order chi connectivity index (χ0) is 20.6. The minimum Gasteiger partial charge on any atom is -0.357 e. The smallest absolute Gasteiger partial charge is 0.191 e. The Morgan fingerprint density at radius 1 is 1.06 bits per heavy atom. The quantitative estimate of drug-likeness (QED) is 0.263. The maximum Gasteiger partial charge on any atom is 0.191 e. The first kappa shape index (κ1) is 23.5. The lowest BCUT2D eigenvalue weighted by Crippen LogP contribution is -2.39. The van der Waals surface area contributed by atoms with E-state index in [1.807, 2.05) is 24.4 Å². The molecular weight excluding hydrogens is 499 g/mol. The van der Waals surface area contributed by atoms with Crippen LogP contribution in [0, 0.1) is 0 Å². The molecule has 31 heavy (non-hydrogen) atoms.